The number of ether oxygens (including phenoxy) is 1. The highest BCUT2D eigenvalue weighted by atomic mass is 19.1. The number of carbonyl (C=O) groups excluding carboxylic acids is 1. The van der Waals surface area contributed by atoms with Crippen molar-refractivity contribution in [2.75, 3.05) is 12.4 Å². The summed E-state index contributed by atoms with van der Waals surface area (Å²) in [5, 5.41) is 2.72. The Morgan fingerprint density at radius 3 is 2.69 bits per heavy atom. The van der Waals surface area contributed by atoms with Gasteiger partial charge in [0.15, 0.2) is 0 Å². The number of hydrogen-bond donors (Lipinski definition) is 1. The average molecular weight is 355 g/mol. The summed E-state index contributed by atoms with van der Waals surface area (Å²) in [5.74, 6) is -0.599. The molecule has 0 spiro atoms. The van der Waals surface area contributed by atoms with Gasteiger partial charge in [0.1, 0.15) is 29.5 Å². The fourth-order valence-corrected chi connectivity index (χ4v) is 3.17. The number of benzene rings is 2. The summed E-state index contributed by atoms with van der Waals surface area (Å²) in [6.45, 7) is 0. The minimum absolute atomic E-state index is 0.00516. The lowest BCUT2D eigenvalue weighted by atomic mass is 9.90. The Morgan fingerprint density at radius 2 is 1.96 bits per heavy atom. The molecule has 0 bridgehead atoms. The van der Waals surface area contributed by atoms with Crippen molar-refractivity contribution in [1.82, 2.24) is 9.55 Å². The molecule has 26 heavy (non-hydrogen) atoms. The zero-order chi connectivity index (χ0) is 18.3. The molecule has 1 N–H and O–H groups in total. The first-order valence-corrected chi connectivity index (χ1v) is 8.03. The number of methoxy groups -OCH3 is 1. The van der Waals surface area contributed by atoms with Crippen molar-refractivity contribution < 1.29 is 18.3 Å². The van der Waals surface area contributed by atoms with Crippen molar-refractivity contribution >= 4 is 11.7 Å². The number of nitrogens with one attached hydrogen (secondary N) is 1. The molecule has 3 aromatic rings. The molecule has 1 aliphatic heterocycles. The van der Waals surface area contributed by atoms with E-state index in [0.717, 1.165) is 23.8 Å². The standard InChI is InChI=1S/C19H15F2N3O2/c1-26-13-5-2-11(3-6-13)14-9-17(25)23-19-18(14)22-10-24(19)16-8-12(20)4-7-15(16)21/h2-8,10,14H,9H2,1H3,(H,23,25)/t14-/m1/s1. The highest BCUT2D eigenvalue weighted by Crippen LogP contribution is 2.38. The summed E-state index contributed by atoms with van der Waals surface area (Å²) in [6.07, 6.45) is 1.62. The van der Waals surface area contributed by atoms with Gasteiger partial charge in [-0.25, -0.2) is 13.8 Å². The van der Waals surface area contributed by atoms with Crippen molar-refractivity contribution in [1.29, 1.82) is 0 Å². The number of amides is 1. The fourth-order valence-electron chi connectivity index (χ4n) is 3.17. The predicted octanol–water partition coefficient (Wildman–Crippen LogP) is 3.63. The lowest BCUT2D eigenvalue weighted by Gasteiger charge is -2.23. The molecular formula is C19H15F2N3O2. The normalized spacial score (nSPS) is 16.1. The van der Waals surface area contributed by atoms with Gasteiger partial charge in [-0.2, -0.15) is 0 Å². The van der Waals surface area contributed by atoms with Crippen LogP contribution in [-0.4, -0.2) is 22.6 Å². The Labute approximate surface area is 148 Å². The minimum atomic E-state index is -0.604. The highest BCUT2D eigenvalue weighted by molar-refractivity contribution is 5.94. The van der Waals surface area contributed by atoms with Gasteiger partial charge in [0.25, 0.3) is 0 Å². The van der Waals surface area contributed by atoms with Gasteiger partial charge in [0.05, 0.1) is 18.5 Å². The van der Waals surface area contributed by atoms with Gasteiger partial charge in [-0.05, 0) is 29.8 Å². The molecule has 1 aliphatic rings. The maximum absolute atomic E-state index is 14.2. The SMILES string of the molecule is COc1ccc([C@H]2CC(=O)Nc3c2ncn3-c2cc(F)ccc2F)cc1. The molecule has 4 rings (SSSR count). The molecule has 1 atom stereocenters. The van der Waals surface area contributed by atoms with Crippen molar-refractivity contribution in [3.63, 3.8) is 0 Å². The molecule has 5 nitrogen and oxygen atoms in total. The van der Waals surface area contributed by atoms with Crippen LogP contribution in [0.5, 0.6) is 5.75 Å². The number of rotatable bonds is 3. The van der Waals surface area contributed by atoms with Crippen LogP contribution in [-0.2, 0) is 4.79 Å². The molecule has 1 amide bonds. The first-order chi connectivity index (χ1) is 12.6. The van der Waals surface area contributed by atoms with Crippen LogP contribution in [0.15, 0.2) is 48.8 Å². The molecule has 2 aromatic carbocycles. The third-order valence-electron chi connectivity index (χ3n) is 4.46. The lowest BCUT2D eigenvalue weighted by Crippen LogP contribution is -2.25. The Balaban J connectivity index is 1.81. The van der Waals surface area contributed by atoms with Crippen LogP contribution >= 0.6 is 0 Å². The summed E-state index contributed by atoms with van der Waals surface area (Å²) >= 11 is 0. The largest absolute Gasteiger partial charge is 0.497 e. The minimum Gasteiger partial charge on any atom is -0.497 e. The number of carbonyl (C=O) groups is 1. The second-order valence-corrected chi connectivity index (χ2v) is 6.02. The maximum Gasteiger partial charge on any atom is 0.226 e. The van der Waals surface area contributed by atoms with E-state index in [9.17, 15) is 13.6 Å². The number of nitrogens with zero attached hydrogens (tertiary/aromatic N) is 2. The zero-order valence-corrected chi connectivity index (χ0v) is 13.9. The Kier molecular flexibility index (Phi) is 3.91. The van der Waals surface area contributed by atoms with Crippen LogP contribution < -0.4 is 10.1 Å². The van der Waals surface area contributed by atoms with E-state index < -0.39 is 11.6 Å². The van der Waals surface area contributed by atoms with E-state index in [4.69, 9.17) is 4.74 Å². The fraction of sp³-hybridized carbons (Fsp3) is 0.158. The quantitative estimate of drug-likeness (QED) is 0.781. The molecule has 0 saturated heterocycles. The van der Waals surface area contributed by atoms with E-state index in [1.807, 2.05) is 24.3 Å². The summed E-state index contributed by atoms with van der Waals surface area (Å²) < 4.78 is 34.2. The van der Waals surface area contributed by atoms with Gasteiger partial charge in [0, 0.05) is 18.4 Å². The van der Waals surface area contributed by atoms with Crippen LogP contribution in [0.1, 0.15) is 23.6 Å². The third kappa shape index (κ3) is 2.71. The Bertz CT molecular complexity index is 983. The van der Waals surface area contributed by atoms with E-state index in [1.54, 1.807) is 7.11 Å². The van der Waals surface area contributed by atoms with Gasteiger partial charge < -0.3 is 10.1 Å². The third-order valence-corrected chi connectivity index (χ3v) is 4.46. The molecule has 0 aliphatic carbocycles. The maximum atomic E-state index is 14.2. The number of fused-ring (bicyclic) bond motifs is 1. The van der Waals surface area contributed by atoms with Gasteiger partial charge in [-0.3, -0.25) is 9.36 Å². The smallest absolute Gasteiger partial charge is 0.226 e. The highest BCUT2D eigenvalue weighted by Gasteiger charge is 2.31. The van der Waals surface area contributed by atoms with Gasteiger partial charge in [-0.1, -0.05) is 12.1 Å². The first kappa shape index (κ1) is 16.3. The Morgan fingerprint density at radius 1 is 1.19 bits per heavy atom. The van der Waals surface area contributed by atoms with Crippen molar-refractivity contribution in [2.45, 2.75) is 12.3 Å². The molecule has 0 unspecified atom stereocenters. The summed E-state index contributed by atoms with van der Waals surface area (Å²) in [7, 11) is 1.58. The summed E-state index contributed by atoms with van der Waals surface area (Å²) in [6, 6.07) is 10.5. The molecule has 0 fully saturated rings. The van der Waals surface area contributed by atoms with Crippen LogP contribution in [0.25, 0.3) is 5.69 Å². The van der Waals surface area contributed by atoms with Crippen molar-refractivity contribution in [2.24, 2.45) is 0 Å². The molecule has 7 heteroatoms. The van der Waals surface area contributed by atoms with Gasteiger partial charge >= 0.3 is 0 Å². The van der Waals surface area contributed by atoms with E-state index >= 15 is 0 Å². The predicted molar refractivity (Wildman–Crippen MR) is 91.6 cm³/mol. The monoisotopic (exact) mass is 355 g/mol. The summed E-state index contributed by atoms with van der Waals surface area (Å²) in [4.78, 5) is 16.6. The number of anilines is 1. The molecular weight excluding hydrogens is 340 g/mol. The van der Waals surface area contributed by atoms with Gasteiger partial charge in [0.2, 0.25) is 5.91 Å². The van der Waals surface area contributed by atoms with Crippen LogP contribution in [0.2, 0.25) is 0 Å². The molecule has 0 saturated carbocycles. The summed E-state index contributed by atoms with van der Waals surface area (Å²) in [5.41, 5.74) is 1.50. The van der Waals surface area contributed by atoms with Crippen LogP contribution in [0, 0.1) is 11.6 Å². The van der Waals surface area contributed by atoms with Crippen molar-refractivity contribution in [3.8, 4) is 11.4 Å². The molecule has 132 valence electrons. The Hall–Kier alpha value is -3.22. The van der Waals surface area contributed by atoms with E-state index in [-0.39, 0.29) is 23.9 Å². The lowest BCUT2D eigenvalue weighted by molar-refractivity contribution is -0.116. The average Bonchev–Trinajstić information content (AvgIpc) is 3.06. The number of hydrogen-bond acceptors (Lipinski definition) is 3. The van der Waals surface area contributed by atoms with Crippen LogP contribution in [0.4, 0.5) is 14.6 Å². The molecule has 2 heterocycles. The number of aromatic nitrogens is 2. The van der Waals surface area contributed by atoms with E-state index in [2.05, 4.69) is 10.3 Å². The second kappa shape index (κ2) is 6.25. The van der Waals surface area contributed by atoms with Gasteiger partial charge in [-0.15, -0.1) is 0 Å². The van der Waals surface area contributed by atoms with Crippen LogP contribution in [0.3, 0.4) is 0 Å². The second-order valence-electron chi connectivity index (χ2n) is 6.02. The van der Waals surface area contributed by atoms with E-state index in [1.165, 1.54) is 10.9 Å². The first-order valence-electron chi connectivity index (χ1n) is 8.03. The number of imidazole rings is 1. The zero-order valence-electron chi connectivity index (χ0n) is 13.9. The topological polar surface area (TPSA) is 56.1 Å². The van der Waals surface area contributed by atoms with Crippen molar-refractivity contribution in [3.05, 3.63) is 71.7 Å². The molecule has 0 radical (unpaired) electrons. The van der Waals surface area contributed by atoms with E-state index in [0.29, 0.717) is 17.3 Å². The molecule has 1 aromatic heterocycles. The number of halogens is 2.